The highest BCUT2D eigenvalue weighted by atomic mass is 35.5. The molecule has 0 atom stereocenters. The molecule has 3 aromatic carbocycles. The van der Waals surface area contributed by atoms with Gasteiger partial charge in [0.15, 0.2) is 22.4 Å². The molecule has 0 unspecified atom stereocenters. The molecule has 0 radical (unpaired) electrons. The fourth-order valence-corrected chi connectivity index (χ4v) is 5.40. The molecule has 6 nitrogen and oxygen atoms in total. The third-order valence-corrected chi connectivity index (χ3v) is 7.32. The van der Waals surface area contributed by atoms with Crippen molar-refractivity contribution in [2.24, 2.45) is 0 Å². The first-order chi connectivity index (χ1) is 18.2. The van der Waals surface area contributed by atoms with Crippen molar-refractivity contribution in [1.82, 2.24) is 0 Å². The van der Waals surface area contributed by atoms with Crippen LogP contribution in [0, 0.1) is 20.8 Å². The highest BCUT2D eigenvalue weighted by Gasteiger charge is 2.34. The van der Waals surface area contributed by atoms with Crippen LogP contribution in [0.15, 0.2) is 59.5 Å². The Bertz CT molecular complexity index is 1450. The molecule has 4 rings (SSSR count). The Kier molecular flexibility index (Phi) is 8.76. The van der Waals surface area contributed by atoms with E-state index in [4.69, 9.17) is 33.3 Å². The van der Waals surface area contributed by atoms with Gasteiger partial charge in [-0.25, -0.2) is 0 Å². The zero-order valence-electron chi connectivity index (χ0n) is 21.5. The summed E-state index contributed by atoms with van der Waals surface area (Å²) in [6.07, 6.45) is 1.78. The van der Waals surface area contributed by atoms with Gasteiger partial charge in [0.05, 0.1) is 17.2 Å². The fraction of sp³-hybridized carbons (Fsp3) is 0.207. The summed E-state index contributed by atoms with van der Waals surface area (Å²) in [5, 5.41) is 3.34. The number of amides is 2. The lowest BCUT2D eigenvalue weighted by Crippen LogP contribution is -2.28. The second kappa shape index (κ2) is 12.0. The molecular weight excluding hydrogens is 540 g/mol. The number of nitrogens with one attached hydrogen (secondary N) is 1. The van der Waals surface area contributed by atoms with Crippen LogP contribution in [-0.4, -0.2) is 29.3 Å². The van der Waals surface area contributed by atoms with Gasteiger partial charge in [0.1, 0.15) is 0 Å². The first-order valence-corrected chi connectivity index (χ1v) is 13.6. The number of rotatable bonds is 8. The second-order valence-corrected chi connectivity index (χ2v) is 10.9. The highest BCUT2D eigenvalue weighted by molar-refractivity contribution is 8.27. The lowest BCUT2D eigenvalue weighted by molar-refractivity contribution is -0.118. The topological polar surface area (TPSA) is 67.9 Å². The van der Waals surface area contributed by atoms with Gasteiger partial charge in [-0.1, -0.05) is 65.4 Å². The Balaban J connectivity index is 1.49. The van der Waals surface area contributed by atoms with Crippen LogP contribution in [0.4, 0.5) is 11.4 Å². The number of nitrogens with zero attached hydrogens (tertiary/aromatic N) is 1. The highest BCUT2D eigenvalue weighted by Crippen LogP contribution is 2.38. The van der Waals surface area contributed by atoms with Crippen molar-refractivity contribution in [2.45, 2.75) is 27.7 Å². The number of thiocarbonyl (C=S) groups is 1. The molecule has 0 spiro atoms. The van der Waals surface area contributed by atoms with Crippen molar-refractivity contribution in [1.29, 1.82) is 0 Å². The first-order valence-electron chi connectivity index (χ1n) is 12.0. The normalized spacial score (nSPS) is 14.2. The summed E-state index contributed by atoms with van der Waals surface area (Å²) in [5.74, 6) is 0.401. The molecule has 0 aliphatic carbocycles. The van der Waals surface area contributed by atoms with E-state index in [0.29, 0.717) is 38.0 Å². The fourth-order valence-electron chi connectivity index (χ4n) is 3.94. The molecule has 3 aromatic rings. The van der Waals surface area contributed by atoms with Crippen molar-refractivity contribution in [3.8, 4) is 11.5 Å². The third kappa shape index (κ3) is 6.38. The second-order valence-electron chi connectivity index (χ2n) is 8.74. The molecule has 0 saturated carbocycles. The van der Waals surface area contributed by atoms with E-state index in [0.717, 1.165) is 27.9 Å². The van der Waals surface area contributed by atoms with E-state index in [2.05, 4.69) is 5.32 Å². The molecule has 1 fully saturated rings. The van der Waals surface area contributed by atoms with Crippen LogP contribution in [0.3, 0.4) is 0 Å². The number of thioether (sulfide) groups is 1. The summed E-state index contributed by atoms with van der Waals surface area (Å²) < 4.78 is 12.0. The summed E-state index contributed by atoms with van der Waals surface area (Å²) in [6, 6.07) is 16.5. The molecule has 1 aliphatic heterocycles. The van der Waals surface area contributed by atoms with Crippen molar-refractivity contribution < 1.29 is 19.1 Å². The maximum Gasteiger partial charge on any atom is 0.270 e. The molecule has 2 amide bonds. The van der Waals surface area contributed by atoms with Crippen LogP contribution in [0.2, 0.25) is 5.02 Å². The van der Waals surface area contributed by atoms with E-state index in [9.17, 15) is 9.59 Å². The minimum absolute atomic E-state index is 0.168. The summed E-state index contributed by atoms with van der Waals surface area (Å²) in [7, 11) is 0. The number of carbonyl (C=O) groups excluding carboxylic acids is 2. The molecule has 0 aromatic heterocycles. The lowest BCUT2D eigenvalue weighted by Gasteiger charge is -2.17. The van der Waals surface area contributed by atoms with Crippen LogP contribution >= 0.6 is 35.6 Å². The van der Waals surface area contributed by atoms with Crippen LogP contribution in [-0.2, 0) is 9.59 Å². The Hall–Kier alpha value is -3.33. The number of hydrogen-bond acceptors (Lipinski definition) is 6. The van der Waals surface area contributed by atoms with Crippen molar-refractivity contribution in [2.75, 3.05) is 23.4 Å². The zero-order valence-corrected chi connectivity index (χ0v) is 23.9. The number of carbonyl (C=O) groups is 2. The van der Waals surface area contributed by atoms with E-state index in [1.165, 1.54) is 11.8 Å². The van der Waals surface area contributed by atoms with Crippen LogP contribution in [0.1, 0.15) is 29.2 Å². The van der Waals surface area contributed by atoms with Gasteiger partial charge >= 0.3 is 0 Å². The molecule has 1 N–H and O–H groups in total. The molecule has 38 heavy (non-hydrogen) atoms. The molecule has 0 bridgehead atoms. The van der Waals surface area contributed by atoms with Crippen LogP contribution < -0.4 is 19.7 Å². The Morgan fingerprint density at radius 1 is 1.03 bits per heavy atom. The van der Waals surface area contributed by atoms with E-state index in [1.807, 2.05) is 52.0 Å². The summed E-state index contributed by atoms with van der Waals surface area (Å²) in [4.78, 5) is 27.8. The minimum Gasteiger partial charge on any atom is -0.490 e. The van der Waals surface area contributed by atoms with Gasteiger partial charge in [0.2, 0.25) is 0 Å². The van der Waals surface area contributed by atoms with Gasteiger partial charge < -0.3 is 14.8 Å². The summed E-state index contributed by atoms with van der Waals surface area (Å²) in [5.41, 5.74) is 5.16. The first kappa shape index (κ1) is 27.7. The zero-order chi connectivity index (χ0) is 27.4. The van der Waals surface area contributed by atoms with E-state index >= 15 is 0 Å². The largest absolute Gasteiger partial charge is 0.490 e. The van der Waals surface area contributed by atoms with Gasteiger partial charge in [-0.2, -0.15) is 0 Å². The predicted molar refractivity (Wildman–Crippen MR) is 159 cm³/mol. The maximum atomic E-state index is 13.2. The van der Waals surface area contributed by atoms with E-state index in [-0.39, 0.29) is 18.4 Å². The summed E-state index contributed by atoms with van der Waals surface area (Å²) >= 11 is 12.8. The molecule has 1 aliphatic rings. The number of anilines is 2. The maximum absolute atomic E-state index is 13.2. The van der Waals surface area contributed by atoms with Crippen molar-refractivity contribution in [3.63, 3.8) is 0 Å². The molecular formula is C29H27ClN2O4S2. The van der Waals surface area contributed by atoms with E-state index in [1.54, 1.807) is 41.3 Å². The quantitative estimate of drug-likeness (QED) is 0.232. The SMILES string of the molecule is CCOc1cc(/C=C2\SC(=S)N(c3ccc(C)cc3C)C2=O)ccc1OCC(=O)Nc1cc(Cl)ccc1C. The van der Waals surface area contributed by atoms with Gasteiger partial charge in [-0.3, -0.25) is 14.5 Å². The molecule has 1 heterocycles. The number of benzene rings is 3. The number of hydrogen-bond donors (Lipinski definition) is 1. The van der Waals surface area contributed by atoms with E-state index < -0.39 is 0 Å². The van der Waals surface area contributed by atoms with Gasteiger partial charge in [-0.15, -0.1) is 0 Å². The Morgan fingerprint density at radius 3 is 2.55 bits per heavy atom. The number of aryl methyl sites for hydroxylation is 3. The summed E-state index contributed by atoms with van der Waals surface area (Å²) in [6.45, 7) is 7.92. The van der Waals surface area contributed by atoms with Crippen molar-refractivity contribution >= 4 is 69.2 Å². The van der Waals surface area contributed by atoms with Crippen LogP contribution in [0.25, 0.3) is 6.08 Å². The number of ether oxygens (including phenoxy) is 2. The average Bonchev–Trinajstić information content (AvgIpc) is 3.13. The van der Waals surface area contributed by atoms with Gasteiger partial charge in [0.25, 0.3) is 11.8 Å². The molecule has 196 valence electrons. The van der Waals surface area contributed by atoms with Gasteiger partial charge in [-0.05, 0) is 80.8 Å². The van der Waals surface area contributed by atoms with Gasteiger partial charge in [0, 0.05) is 10.7 Å². The third-order valence-electron chi connectivity index (χ3n) is 5.78. The predicted octanol–water partition coefficient (Wildman–Crippen LogP) is 7.09. The Labute approximate surface area is 237 Å². The smallest absolute Gasteiger partial charge is 0.270 e. The van der Waals surface area contributed by atoms with Crippen molar-refractivity contribution in [3.05, 3.63) is 86.8 Å². The monoisotopic (exact) mass is 566 g/mol. The Morgan fingerprint density at radius 2 is 1.82 bits per heavy atom. The minimum atomic E-state index is -0.322. The lowest BCUT2D eigenvalue weighted by atomic mass is 10.1. The molecule has 1 saturated heterocycles. The average molecular weight is 567 g/mol. The number of halogens is 1. The molecule has 9 heteroatoms. The van der Waals surface area contributed by atoms with Crippen LogP contribution in [0.5, 0.6) is 11.5 Å². The standard InChI is InChI=1S/C29H27ClN2O4S2/c1-5-35-25-13-20(8-11-24(25)36-16-27(33)31-22-15-21(30)9-7-18(22)3)14-26-28(34)32(29(37)38-26)23-10-6-17(2)12-19(23)4/h6-15H,5,16H2,1-4H3,(H,31,33)/b26-14-.